The van der Waals surface area contributed by atoms with E-state index in [1.54, 1.807) is 18.6 Å². The predicted molar refractivity (Wildman–Crippen MR) is 53.5 cm³/mol. The quantitative estimate of drug-likeness (QED) is 0.683. The molecule has 0 radical (unpaired) electrons. The van der Waals surface area contributed by atoms with Crippen molar-refractivity contribution in [3.05, 3.63) is 24.7 Å². The van der Waals surface area contributed by atoms with Gasteiger partial charge in [-0.05, 0) is 6.07 Å². The van der Waals surface area contributed by atoms with Crippen molar-refractivity contribution >= 4 is 22.3 Å². The smallest absolute Gasteiger partial charge is 0.132 e. The van der Waals surface area contributed by atoms with Crippen molar-refractivity contribution in [3.8, 4) is 0 Å². The Balaban J connectivity index is 2.84. The molecule has 0 unspecified atom stereocenters. The first-order chi connectivity index (χ1) is 6.33. The number of hydrogen-bond donors (Lipinski definition) is 2. The molecule has 3 N–H and O–H groups in total. The summed E-state index contributed by atoms with van der Waals surface area (Å²) in [5, 5.41) is 4.98. The van der Waals surface area contributed by atoms with Gasteiger partial charge in [0, 0.05) is 30.2 Å². The molecular formula is C9H10N4. The lowest BCUT2D eigenvalue weighted by atomic mass is 10.2. The molecule has 66 valence electrons. The maximum atomic E-state index is 5.70. The molecule has 0 bridgehead atoms. The van der Waals surface area contributed by atoms with E-state index in [1.165, 1.54) is 0 Å². The van der Waals surface area contributed by atoms with Crippen LogP contribution in [0.2, 0.25) is 0 Å². The number of nitrogens with two attached hydrogens (primary N) is 1. The van der Waals surface area contributed by atoms with E-state index in [2.05, 4.69) is 15.3 Å². The van der Waals surface area contributed by atoms with Crippen LogP contribution in [0.1, 0.15) is 0 Å². The van der Waals surface area contributed by atoms with Gasteiger partial charge in [0.25, 0.3) is 0 Å². The number of nitrogen functional groups attached to an aromatic ring is 1. The average Bonchev–Trinajstić information content (AvgIpc) is 2.18. The van der Waals surface area contributed by atoms with E-state index < -0.39 is 0 Å². The molecule has 2 aromatic heterocycles. The molecule has 2 heterocycles. The van der Waals surface area contributed by atoms with Crippen LogP contribution in [0, 0.1) is 0 Å². The highest BCUT2D eigenvalue weighted by atomic mass is 14.9. The molecule has 0 aliphatic rings. The number of rotatable bonds is 1. The minimum absolute atomic E-state index is 0.516. The zero-order valence-corrected chi connectivity index (χ0v) is 7.28. The number of nitrogens with zero attached hydrogens (tertiary/aromatic N) is 2. The van der Waals surface area contributed by atoms with Crippen LogP contribution in [-0.4, -0.2) is 17.0 Å². The van der Waals surface area contributed by atoms with Crippen LogP contribution >= 0.6 is 0 Å². The van der Waals surface area contributed by atoms with Crippen LogP contribution in [0.15, 0.2) is 24.7 Å². The van der Waals surface area contributed by atoms with Gasteiger partial charge in [-0.1, -0.05) is 0 Å². The highest BCUT2D eigenvalue weighted by Gasteiger charge is 2.01. The highest BCUT2D eigenvalue weighted by Crippen LogP contribution is 2.23. The summed E-state index contributed by atoms with van der Waals surface area (Å²) in [5.74, 6) is 0.516. The van der Waals surface area contributed by atoms with Gasteiger partial charge in [-0.2, -0.15) is 0 Å². The molecule has 0 saturated carbocycles. The fraction of sp³-hybridized carbons (Fsp3) is 0.111. The van der Waals surface area contributed by atoms with Gasteiger partial charge in [0.05, 0.1) is 11.9 Å². The van der Waals surface area contributed by atoms with Gasteiger partial charge in [-0.25, -0.2) is 4.98 Å². The third-order valence-corrected chi connectivity index (χ3v) is 1.99. The van der Waals surface area contributed by atoms with Crippen LogP contribution in [0.3, 0.4) is 0 Å². The first-order valence-electron chi connectivity index (χ1n) is 3.99. The summed E-state index contributed by atoms with van der Waals surface area (Å²) < 4.78 is 0. The van der Waals surface area contributed by atoms with Crippen molar-refractivity contribution in [1.82, 2.24) is 9.97 Å². The van der Waals surface area contributed by atoms with E-state index in [4.69, 9.17) is 5.73 Å². The van der Waals surface area contributed by atoms with Crippen molar-refractivity contribution in [2.75, 3.05) is 18.1 Å². The zero-order valence-electron chi connectivity index (χ0n) is 7.28. The Bertz CT molecular complexity index is 439. The summed E-state index contributed by atoms with van der Waals surface area (Å²) in [4.78, 5) is 8.05. The van der Waals surface area contributed by atoms with Crippen molar-refractivity contribution in [2.45, 2.75) is 0 Å². The predicted octanol–water partition coefficient (Wildman–Crippen LogP) is 1.25. The lowest BCUT2D eigenvalue weighted by Crippen LogP contribution is -1.95. The van der Waals surface area contributed by atoms with Gasteiger partial charge in [-0.3, -0.25) is 4.98 Å². The summed E-state index contributed by atoms with van der Waals surface area (Å²) >= 11 is 0. The topological polar surface area (TPSA) is 63.8 Å². The van der Waals surface area contributed by atoms with Crippen LogP contribution in [0.4, 0.5) is 11.5 Å². The van der Waals surface area contributed by atoms with Crippen LogP contribution in [-0.2, 0) is 0 Å². The Labute approximate surface area is 75.8 Å². The number of aromatic nitrogens is 2. The van der Waals surface area contributed by atoms with Crippen LogP contribution in [0.5, 0.6) is 0 Å². The summed E-state index contributed by atoms with van der Waals surface area (Å²) in [6, 6.07) is 1.92. The maximum absolute atomic E-state index is 5.70. The molecule has 0 amide bonds. The van der Waals surface area contributed by atoms with E-state index in [0.29, 0.717) is 5.82 Å². The highest BCUT2D eigenvalue weighted by molar-refractivity contribution is 5.98. The molecule has 0 aromatic carbocycles. The van der Waals surface area contributed by atoms with Crippen LogP contribution < -0.4 is 11.1 Å². The Hall–Kier alpha value is -1.84. The fourth-order valence-electron chi connectivity index (χ4n) is 1.32. The third-order valence-electron chi connectivity index (χ3n) is 1.99. The Kier molecular flexibility index (Phi) is 1.73. The molecule has 0 aliphatic heterocycles. The van der Waals surface area contributed by atoms with Gasteiger partial charge >= 0.3 is 0 Å². The molecule has 4 heteroatoms. The fourth-order valence-corrected chi connectivity index (χ4v) is 1.32. The number of fused-ring (bicyclic) bond motifs is 1. The minimum Gasteiger partial charge on any atom is -0.386 e. The molecule has 13 heavy (non-hydrogen) atoms. The van der Waals surface area contributed by atoms with Gasteiger partial charge in [0.2, 0.25) is 0 Å². The Morgan fingerprint density at radius 3 is 2.92 bits per heavy atom. The first-order valence-corrected chi connectivity index (χ1v) is 3.99. The first kappa shape index (κ1) is 7.79. The third kappa shape index (κ3) is 1.16. The van der Waals surface area contributed by atoms with Gasteiger partial charge < -0.3 is 11.1 Å². The van der Waals surface area contributed by atoms with E-state index in [0.717, 1.165) is 16.5 Å². The minimum atomic E-state index is 0.516. The summed E-state index contributed by atoms with van der Waals surface area (Å²) in [6.45, 7) is 0. The molecule has 2 aromatic rings. The average molecular weight is 174 g/mol. The molecule has 2 rings (SSSR count). The van der Waals surface area contributed by atoms with Crippen molar-refractivity contribution in [2.24, 2.45) is 0 Å². The molecule has 0 spiro atoms. The van der Waals surface area contributed by atoms with E-state index in [1.807, 2.05) is 13.1 Å². The van der Waals surface area contributed by atoms with E-state index >= 15 is 0 Å². The maximum Gasteiger partial charge on any atom is 0.132 e. The zero-order chi connectivity index (χ0) is 9.26. The molecule has 0 saturated heterocycles. The van der Waals surface area contributed by atoms with Gasteiger partial charge in [-0.15, -0.1) is 0 Å². The largest absolute Gasteiger partial charge is 0.386 e. The lowest BCUT2D eigenvalue weighted by molar-refractivity contribution is 1.31. The van der Waals surface area contributed by atoms with Crippen molar-refractivity contribution < 1.29 is 0 Å². The second kappa shape index (κ2) is 2.90. The number of pyridine rings is 2. The summed E-state index contributed by atoms with van der Waals surface area (Å²) in [5.41, 5.74) is 6.67. The van der Waals surface area contributed by atoms with E-state index in [9.17, 15) is 0 Å². The Morgan fingerprint density at radius 1 is 1.31 bits per heavy atom. The Morgan fingerprint density at radius 2 is 2.15 bits per heavy atom. The molecule has 4 nitrogen and oxygen atoms in total. The number of anilines is 2. The SMILES string of the molecule is CNc1cncc2c(N)nccc12. The second-order valence-electron chi connectivity index (χ2n) is 2.73. The van der Waals surface area contributed by atoms with Crippen LogP contribution in [0.25, 0.3) is 10.8 Å². The molecule has 0 aliphatic carbocycles. The second-order valence-corrected chi connectivity index (χ2v) is 2.73. The molecular weight excluding hydrogens is 164 g/mol. The van der Waals surface area contributed by atoms with Crippen molar-refractivity contribution in [1.29, 1.82) is 0 Å². The molecule has 0 fully saturated rings. The lowest BCUT2D eigenvalue weighted by Gasteiger charge is -2.05. The van der Waals surface area contributed by atoms with E-state index in [-0.39, 0.29) is 0 Å². The summed E-state index contributed by atoms with van der Waals surface area (Å²) in [6.07, 6.45) is 5.18. The standard InChI is InChI=1S/C9H10N4/c1-11-8-5-12-4-7-6(8)2-3-13-9(7)10/h2-5,11H,1H3,(H2,10,13). The normalized spacial score (nSPS) is 10.2. The molecule has 0 atom stereocenters. The van der Waals surface area contributed by atoms with Gasteiger partial charge in [0.15, 0.2) is 0 Å². The van der Waals surface area contributed by atoms with Crippen molar-refractivity contribution in [3.63, 3.8) is 0 Å². The number of hydrogen-bond acceptors (Lipinski definition) is 4. The van der Waals surface area contributed by atoms with Gasteiger partial charge in [0.1, 0.15) is 5.82 Å². The summed E-state index contributed by atoms with van der Waals surface area (Å²) in [7, 11) is 1.85. The number of nitrogens with one attached hydrogen (secondary N) is 1. The monoisotopic (exact) mass is 174 g/mol.